The molecule has 1 heterocycles. The SMILES string of the molecule is CC[C@H](C)C(=O)Nc1ccc(OC)c(OC[C@@H]2CCCO2)c1. The van der Waals surface area contributed by atoms with Crippen molar-refractivity contribution in [3.63, 3.8) is 0 Å². The molecule has 0 unspecified atom stereocenters. The van der Waals surface area contributed by atoms with E-state index < -0.39 is 0 Å². The van der Waals surface area contributed by atoms with Gasteiger partial charge in [-0.05, 0) is 31.4 Å². The number of rotatable bonds is 7. The molecule has 1 aliphatic heterocycles. The van der Waals surface area contributed by atoms with Crippen LogP contribution in [0.4, 0.5) is 5.69 Å². The van der Waals surface area contributed by atoms with Crippen molar-refractivity contribution in [1.29, 1.82) is 0 Å². The van der Waals surface area contributed by atoms with Gasteiger partial charge >= 0.3 is 0 Å². The van der Waals surface area contributed by atoms with Gasteiger partial charge in [0.25, 0.3) is 0 Å². The molecule has 2 rings (SSSR count). The van der Waals surface area contributed by atoms with Gasteiger partial charge in [-0.25, -0.2) is 0 Å². The first-order chi connectivity index (χ1) is 10.6. The first kappa shape index (κ1) is 16.6. The summed E-state index contributed by atoms with van der Waals surface area (Å²) in [6, 6.07) is 5.42. The van der Waals surface area contributed by atoms with Crippen LogP contribution < -0.4 is 14.8 Å². The Morgan fingerprint density at radius 2 is 2.27 bits per heavy atom. The number of hydrogen-bond acceptors (Lipinski definition) is 4. The standard InChI is InChI=1S/C17H25NO4/c1-4-12(2)17(19)18-13-7-8-15(20-3)16(10-13)22-11-14-6-5-9-21-14/h7-8,10,12,14H,4-6,9,11H2,1-3H3,(H,18,19)/t12-,14-/m0/s1. The van der Waals surface area contributed by atoms with Crippen LogP contribution in [0.3, 0.4) is 0 Å². The molecule has 1 amide bonds. The molecule has 2 atom stereocenters. The Kier molecular flexibility index (Phi) is 6.07. The maximum absolute atomic E-state index is 12.0. The van der Waals surface area contributed by atoms with Crippen LogP contribution in [0, 0.1) is 5.92 Å². The molecule has 0 radical (unpaired) electrons. The summed E-state index contributed by atoms with van der Waals surface area (Å²) in [4.78, 5) is 12.0. The van der Waals surface area contributed by atoms with E-state index in [9.17, 15) is 4.79 Å². The van der Waals surface area contributed by atoms with Gasteiger partial charge in [0.05, 0.1) is 13.2 Å². The molecule has 1 aromatic rings. The summed E-state index contributed by atoms with van der Waals surface area (Å²) in [6.07, 6.45) is 3.05. The minimum absolute atomic E-state index is 0.0118. The lowest BCUT2D eigenvalue weighted by Gasteiger charge is -2.16. The van der Waals surface area contributed by atoms with E-state index in [1.165, 1.54) is 0 Å². The van der Waals surface area contributed by atoms with Gasteiger partial charge in [-0.1, -0.05) is 13.8 Å². The molecule has 1 saturated heterocycles. The molecule has 122 valence electrons. The van der Waals surface area contributed by atoms with Crippen molar-refractivity contribution in [2.45, 2.75) is 39.2 Å². The molecule has 1 aromatic carbocycles. The van der Waals surface area contributed by atoms with Gasteiger partial charge in [0.1, 0.15) is 6.61 Å². The predicted octanol–water partition coefficient (Wildman–Crippen LogP) is 3.24. The fraction of sp³-hybridized carbons (Fsp3) is 0.588. The smallest absolute Gasteiger partial charge is 0.227 e. The maximum Gasteiger partial charge on any atom is 0.227 e. The number of nitrogens with one attached hydrogen (secondary N) is 1. The van der Waals surface area contributed by atoms with Crippen molar-refractivity contribution in [2.75, 3.05) is 25.6 Å². The Morgan fingerprint density at radius 3 is 2.91 bits per heavy atom. The average Bonchev–Trinajstić information content (AvgIpc) is 3.05. The van der Waals surface area contributed by atoms with Crippen LogP contribution in [-0.4, -0.2) is 32.3 Å². The third kappa shape index (κ3) is 4.37. The van der Waals surface area contributed by atoms with Crippen LogP contribution in [0.5, 0.6) is 11.5 Å². The summed E-state index contributed by atoms with van der Waals surface area (Å²) in [6.45, 7) is 5.21. The van der Waals surface area contributed by atoms with E-state index in [0.29, 0.717) is 23.8 Å². The molecule has 0 saturated carbocycles. The molecule has 5 heteroatoms. The van der Waals surface area contributed by atoms with Crippen molar-refractivity contribution in [3.8, 4) is 11.5 Å². The van der Waals surface area contributed by atoms with Gasteiger partial charge in [-0.15, -0.1) is 0 Å². The van der Waals surface area contributed by atoms with E-state index in [-0.39, 0.29) is 17.9 Å². The Hall–Kier alpha value is -1.75. The highest BCUT2D eigenvalue weighted by atomic mass is 16.5. The second-order valence-corrected chi connectivity index (χ2v) is 5.61. The van der Waals surface area contributed by atoms with Gasteiger partial charge in [-0.3, -0.25) is 4.79 Å². The molecular weight excluding hydrogens is 282 g/mol. The van der Waals surface area contributed by atoms with Crippen molar-refractivity contribution < 1.29 is 19.0 Å². The first-order valence-corrected chi connectivity index (χ1v) is 7.87. The maximum atomic E-state index is 12.0. The Morgan fingerprint density at radius 1 is 1.45 bits per heavy atom. The van der Waals surface area contributed by atoms with Crippen molar-refractivity contribution in [1.82, 2.24) is 0 Å². The lowest BCUT2D eigenvalue weighted by atomic mass is 10.1. The molecule has 5 nitrogen and oxygen atoms in total. The second-order valence-electron chi connectivity index (χ2n) is 5.61. The summed E-state index contributed by atoms with van der Waals surface area (Å²) in [5, 5.41) is 2.91. The zero-order valence-corrected chi connectivity index (χ0v) is 13.6. The fourth-order valence-electron chi connectivity index (χ4n) is 2.28. The van der Waals surface area contributed by atoms with Gasteiger partial charge in [0, 0.05) is 24.3 Å². The Balaban J connectivity index is 2.03. The van der Waals surface area contributed by atoms with Crippen molar-refractivity contribution in [2.24, 2.45) is 5.92 Å². The molecule has 22 heavy (non-hydrogen) atoms. The van der Waals surface area contributed by atoms with E-state index in [0.717, 1.165) is 25.9 Å². The van der Waals surface area contributed by atoms with Crippen LogP contribution >= 0.6 is 0 Å². The van der Waals surface area contributed by atoms with Crippen LogP contribution in [0.15, 0.2) is 18.2 Å². The Bertz CT molecular complexity index is 497. The third-order valence-electron chi connectivity index (χ3n) is 3.94. The molecule has 1 fully saturated rings. The molecule has 1 aliphatic rings. The quantitative estimate of drug-likeness (QED) is 0.840. The van der Waals surface area contributed by atoms with E-state index in [2.05, 4.69) is 5.32 Å². The minimum atomic E-state index is -0.0154. The zero-order chi connectivity index (χ0) is 15.9. The first-order valence-electron chi connectivity index (χ1n) is 7.87. The number of methoxy groups -OCH3 is 1. The normalized spacial score (nSPS) is 18.8. The topological polar surface area (TPSA) is 56.8 Å². The lowest BCUT2D eigenvalue weighted by molar-refractivity contribution is -0.119. The van der Waals surface area contributed by atoms with Crippen LogP contribution in [0.25, 0.3) is 0 Å². The van der Waals surface area contributed by atoms with Gasteiger partial charge < -0.3 is 19.5 Å². The van der Waals surface area contributed by atoms with Gasteiger partial charge in [0.2, 0.25) is 5.91 Å². The summed E-state index contributed by atoms with van der Waals surface area (Å²) in [5.41, 5.74) is 0.716. The number of ether oxygens (including phenoxy) is 3. The number of hydrogen-bond donors (Lipinski definition) is 1. The molecule has 0 aliphatic carbocycles. The monoisotopic (exact) mass is 307 g/mol. The number of benzene rings is 1. The largest absolute Gasteiger partial charge is 0.493 e. The van der Waals surface area contributed by atoms with Crippen LogP contribution in [0.2, 0.25) is 0 Å². The highest BCUT2D eigenvalue weighted by Gasteiger charge is 2.18. The lowest BCUT2D eigenvalue weighted by Crippen LogP contribution is -2.20. The zero-order valence-electron chi connectivity index (χ0n) is 13.6. The number of amides is 1. The highest BCUT2D eigenvalue weighted by Crippen LogP contribution is 2.31. The van der Waals surface area contributed by atoms with Crippen molar-refractivity contribution in [3.05, 3.63) is 18.2 Å². The minimum Gasteiger partial charge on any atom is -0.493 e. The second kappa shape index (κ2) is 8.03. The van der Waals surface area contributed by atoms with E-state index >= 15 is 0 Å². The fourth-order valence-corrected chi connectivity index (χ4v) is 2.28. The highest BCUT2D eigenvalue weighted by molar-refractivity contribution is 5.92. The number of anilines is 1. The van der Waals surface area contributed by atoms with Gasteiger partial charge in [-0.2, -0.15) is 0 Å². The molecular formula is C17H25NO4. The number of carbonyl (C=O) groups excluding carboxylic acids is 1. The summed E-state index contributed by atoms with van der Waals surface area (Å²) in [7, 11) is 1.60. The molecule has 1 N–H and O–H groups in total. The predicted molar refractivity (Wildman–Crippen MR) is 85.5 cm³/mol. The molecule has 0 aromatic heterocycles. The molecule has 0 spiro atoms. The summed E-state index contributed by atoms with van der Waals surface area (Å²) < 4.78 is 16.7. The van der Waals surface area contributed by atoms with Crippen LogP contribution in [0.1, 0.15) is 33.1 Å². The van der Waals surface area contributed by atoms with E-state index in [1.807, 2.05) is 19.9 Å². The summed E-state index contributed by atoms with van der Waals surface area (Å²) in [5.74, 6) is 1.27. The van der Waals surface area contributed by atoms with Crippen LogP contribution in [-0.2, 0) is 9.53 Å². The summed E-state index contributed by atoms with van der Waals surface area (Å²) >= 11 is 0. The average molecular weight is 307 g/mol. The van der Waals surface area contributed by atoms with Gasteiger partial charge in [0.15, 0.2) is 11.5 Å². The third-order valence-corrected chi connectivity index (χ3v) is 3.94. The van der Waals surface area contributed by atoms with Crippen molar-refractivity contribution >= 4 is 11.6 Å². The van der Waals surface area contributed by atoms with E-state index in [4.69, 9.17) is 14.2 Å². The Labute approximate surface area is 131 Å². The molecule has 0 bridgehead atoms. The van der Waals surface area contributed by atoms with E-state index in [1.54, 1.807) is 19.2 Å². The number of carbonyl (C=O) groups is 1.